The third-order valence-electron chi connectivity index (χ3n) is 2.27. The van der Waals surface area contributed by atoms with Crippen LogP contribution < -0.4 is 11.1 Å². The molecular formula is C11H11ClFN3. The molecule has 0 aliphatic carbocycles. The Morgan fingerprint density at radius 3 is 2.94 bits per heavy atom. The molecule has 1 aromatic carbocycles. The number of benzene rings is 1. The smallest absolute Gasteiger partial charge is 0.150 e. The van der Waals surface area contributed by atoms with E-state index in [1.807, 2.05) is 6.92 Å². The van der Waals surface area contributed by atoms with Gasteiger partial charge in [0, 0.05) is 17.0 Å². The van der Waals surface area contributed by atoms with Crippen molar-refractivity contribution in [2.75, 3.05) is 17.6 Å². The molecule has 1 heterocycles. The number of aromatic nitrogens is 1. The molecule has 0 bridgehead atoms. The highest BCUT2D eigenvalue weighted by Crippen LogP contribution is 2.31. The van der Waals surface area contributed by atoms with Crippen molar-refractivity contribution in [3.63, 3.8) is 0 Å². The average Bonchev–Trinajstić information content (AvgIpc) is 2.22. The van der Waals surface area contributed by atoms with Gasteiger partial charge in [-0.3, -0.25) is 4.98 Å². The van der Waals surface area contributed by atoms with Crippen LogP contribution in [0.1, 0.15) is 6.92 Å². The van der Waals surface area contributed by atoms with Gasteiger partial charge in [0.1, 0.15) is 5.52 Å². The fourth-order valence-corrected chi connectivity index (χ4v) is 1.82. The van der Waals surface area contributed by atoms with Crippen LogP contribution in [0, 0.1) is 5.82 Å². The van der Waals surface area contributed by atoms with Crippen LogP contribution in [0.4, 0.5) is 15.8 Å². The Morgan fingerprint density at radius 1 is 1.50 bits per heavy atom. The average molecular weight is 240 g/mol. The Balaban J connectivity index is 2.80. The van der Waals surface area contributed by atoms with Gasteiger partial charge in [0.05, 0.1) is 17.6 Å². The summed E-state index contributed by atoms with van der Waals surface area (Å²) in [6.07, 6.45) is 1.44. The summed E-state index contributed by atoms with van der Waals surface area (Å²) in [5.74, 6) is -0.443. The summed E-state index contributed by atoms with van der Waals surface area (Å²) < 4.78 is 13.6. The van der Waals surface area contributed by atoms with Crippen LogP contribution in [0.2, 0.25) is 5.02 Å². The van der Waals surface area contributed by atoms with Gasteiger partial charge in [-0.15, -0.1) is 0 Å². The van der Waals surface area contributed by atoms with Gasteiger partial charge in [-0.1, -0.05) is 11.6 Å². The molecule has 0 atom stereocenters. The van der Waals surface area contributed by atoms with Crippen LogP contribution in [-0.2, 0) is 0 Å². The highest BCUT2D eigenvalue weighted by molar-refractivity contribution is 6.31. The zero-order chi connectivity index (χ0) is 11.7. The second kappa shape index (κ2) is 4.14. The maximum absolute atomic E-state index is 13.6. The van der Waals surface area contributed by atoms with Crippen molar-refractivity contribution in [1.82, 2.24) is 4.98 Å². The zero-order valence-electron chi connectivity index (χ0n) is 8.72. The van der Waals surface area contributed by atoms with E-state index in [-0.39, 0.29) is 5.52 Å². The fraction of sp³-hybridized carbons (Fsp3) is 0.182. The van der Waals surface area contributed by atoms with E-state index in [2.05, 4.69) is 10.3 Å². The van der Waals surface area contributed by atoms with E-state index in [0.717, 1.165) is 0 Å². The van der Waals surface area contributed by atoms with Crippen LogP contribution in [0.5, 0.6) is 0 Å². The summed E-state index contributed by atoms with van der Waals surface area (Å²) in [5.41, 5.74) is 7.21. The van der Waals surface area contributed by atoms with Gasteiger partial charge in [-0.2, -0.15) is 0 Å². The molecule has 84 valence electrons. The van der Waals surface area contributed by atoms with E-state index in [1.54, 1.807) is 6.07 Å². The second-order valence-corrected chi connectivity index (χ2v) is 3.84. The molecule has 3 nitrogen and oxygen atoms in total. The SMILES string of the molecule is CCNc1c(N)cnc2c(F)cc(Cl)cc12. The van der Waals surface area contributed by atoms with E-state index < -0.39 is 5.82 Å². The molecule has 3 N–H and O–H groups in total. The van der Waals surface area contributed by atoms with Crippen molar-refractivity contribution in [2.45, 2.75) is 6.92 Å². The summed E-state index contributed by atoms with van der Waals surface area (Å²) in [6.45, 7) is 2.63. The lowest BCUT2D eigenvalue weighted by Crippen LogP contribution is -2.03. The van der Waals surface area contributed by atoms with Gasteiger partial charge < -0.3 is 11.1 Å². The lowest BCUT2D eigenvalue weighted by molar-refractivity contribution is 0.637. The number of nitrogens with two attached hydrogens (primary N) is 1. The first-order valence-electron chi connectivity index (χ1n) is 4.90. The van der Waals surface area contributed by atoms with E-state index >= 15 is 0 Å². The molecule has 0 saturated carbocycles. The second-order valence-electron chi connectivity index (χ2n) is 3.40. The predicted octanol–water partition coefficient (Wildman–Crippen LogP) is 3.04. The van der Waals surface area contributed by atoms with Gasteiger partial charge in [-0.05, 0) is 19.1 Å². The maximum Gasteiger partial charge on any atom is 0.150 e. The minimum atomic E-state index is -0.443. The van der Waals surface area contributed by atoms with E-state index in [0.29, 0.717) is 28.3 Å². The molecule has 0 amide bonds. The summed E-state index contributed by atoms with van der Waals surface area (Å²) in [5, 5.41) is 4.02. The summed E-state index contributed by atoms with van der Waals surface area (Å²) in [6, 6.07) is 2.89. The van der Waals surface area contributed by atoms with Gasteiger partial charge in [0.25, 0.3) is 0 Å². The van der Waals surface area contributed by atoms with Crippen LogP contribution in [0.25, 0.3) is 10.9 Å². The number of hydrogen-bond acceptors (Lipinski definition) is 3. The first-order chi connectivity index (χ1) is 7.63. The maximum atomic E-state index is 13.6. The Kier molecular flexibility index (Phi) is 2.83. The molecule has 16 heavy (non-hydrogen) atoms. The van der Waals surface area contributed by atoms with Gasteiger partial charge in [-0.25, -0.2) is 4.39 Å². The van der Waals surface area contributed by atoms with Gasteiger partial charge in [0.2, 0.25) is 0 Å². The normalized spacial score (nSPS) is 10.7. The topological polar surface area (TPSA) is 50.9 Å². The number of hydrogen-bond donors (Lipinski definition) is 2. The van der Waals surface area contributed by atoms with Crippen molar-refractivity contribution in [1.29, 1.82) is 0 Å². The lowest BCUT2D eigenvalue weighted by Gasteiger charge is -2.11. The molecule has 0 unspecified atom stereocenters. The summed E-state index contributed by atoms with van der Waals surface area (Å²) in [4.78, 5) is 3.97. The lowest BCUT2D eigenvalue weighted by atomic mass is 10.1. The number of nitrogens with one attached hydrogen (secondary N) is 1. The highest BCUT2D eigenvalue weighted by Gasteiger charge is 2.10. The van der Waals surface area contributed by atoms with Crippen LogP contribution in [0.3, 0.4) is 0 Å². The van der Waals surface area contributed by atoms with Crippen molar-refractivity contribution in [3.8, 4) is 0 Å². The molecular weight excluding hydrogens is 229 g/mol. The number of anilines is 2. The molecule has 0 saturated heterocycles. The molecule has 0 fully saturated rings. The molecule has 1 aromatic heterocycles. The van der Waals surface area contributed by atoms with Crippen LogP contribution in [0.15, 0.2) is 18.3 Å². The number of fused-ring (bicyclic) bond motifs is 1. The number of rotatable bonds is 2. The molecule has 2 aromatic rings. The van der Waals surface area contributed by atoms with Gasteiger partial charge >= 0.3 is 0 Å². The number of nitrogen functional groups attached to an aromatic ring is 1. The number of nitrogens with zero attached hydrogens (tertiary/aromatic N) is 1. The molecule has 0 aliphatic heterocycles. The Labute approximate surface area is 97.4 Å². The highest BCUT2D eigenvalue weighted by atomic mass is 35.5. The quantitative estimate of drug-likeness (QED) is 0.847. The molecule has 5 heteroatoms. The predicted molar refractivity (Wildman–Crippen MR) is 65.3 cm³/mol. The third-order valence-corrected chi connectivity index (χ3v) is 2.49. The molecule has 0 radical (unpaired) electrons. The minimum Gasteiger partial charge on any atom is -0.396 e. The van der Waals surface area contributed by atoms with E-state index in [9.17, 15) is 4.39 Å². The Morgan fingerprint density at radius 2 is 2.25 bits per heavy atom. The summed E-state index contributed by atoms with van der Waals surface area (Å²) in [7, 11) is 0. The number of halogens is 2. The number of pyridine rings is 1. The van der Waals surface area contributed by atoms with Crippen molar-refractivity contribution in [2.24, 2.45) is 0 Å². The van der Waals surface area contributed by atoms with E-state index in [1.165, 1.54) is 12.3 Å². The van der Waals surface area contributed by atoms with Crippen molar-refractivity contribution < 1.29 is 4.39 Å². The largest absolute Gasteiger partial charge is 0.396 e. The van der Waals surface area contributed by atoms with Crippen LogP contribution in [-0.4, -0.2) is 11.5 Å². The molecule has 2 rings (SSSR count). The van der Waals surface area contributed by atoms with Crippen LogP contribution >= 0.6 is 11.6 Å². The first-order valence-corrected chi connectivity index (χ1v) is 5.28. The van der Waals surface area contributed by atoms with Crippen molar-refractivity contribution in [3.05, 3.63) is 29.2 Å². The Hall–Kier alpha value is -1.55. The van der Waals surface area contributed by atoms with Gasteiger partial charge in [0.15, 0.2) is 5.82 Å². The van der Waals surface area contributed by atoms with Crippen molar-refractivity contribution >= 4 is 33.9 Å². The molecule has 0 aliphatic rings. The molecule has 0 spiro atoms. The van der Waals surface area contributed by atoms with E-state index in [4.69, 9.17) is 17.3 Å². The zero-order valence-corrected chi connectivity index (χ0v) is 9.48. The Bertz CT molecular complexity index is 542. The first kappa shape index (κ1) is 11.0. The third kappa shape index (κ3) is 1.76. The standard InChI is InChI=1S/C11H11ClFN3/c1-2-15-11-7-3-6(12)4-8(13)10(7)16-5-9(11)14/h3-5H,2,14H2,1H3,(H,15,16). The summed E-state index contributed by atoms with van der Waals surface area (Å²) >= 11 is 5.81. The minimum absolute atomic E-state index is 0.273. The monoisotopic (exact) mass is 239 g/mol. The fourth-order valence-electron chi connectivity index (χ4n) is 1.62.